The summed E-state index contributed by atoms with van der Waals surface area (Å²) in [5, 5.41) is 0. The second-order valence-corrected chi connectivity index (χ2v) is 4.78. The van der Waals surface area contributed by atoms with Crippen molar-refractivity contribution in [3.05, 3.63) is 27.7 Å². The molecule has 1 atom stereocenters. The Labute approximate surface area is 103 Å². The van der Waals surface area contributed by atoms with Crippen LogP contribution in [0.4, 0.5) is 0 Å². The standard InChI is InChI=1S/C12H13BrO3/c1-8-4-10(13)5-9(6-14)12(8)16-11-2-3-15-7-11/h4-6,11H,2-3,7H2,1H3. The fourth-order valence-corrected chi connectivity index (χ4v) is 2.37. The molecule has 0 amide bonds. The zero-order valence-electron chi connectivity index (χ0n) is 9.03. The zero-order chi connectivity index (χ0) is 11.5. The summed E-state index contributed by atoms with van der Waals surface area (Å²) in [6.45, 7) is 3.27. The predicted molar refractivity (Wildman–Crippen MR) is 64.1 cm³/mol. The van der Waals surface area contributed by atoms with Gasteiger partial charge in [0.25, 0.3) is 0 Å². The summed E-state index contributed by atoms with van der Waals surface area (Å²) in [6, 6.07) is 3.71. The molecule has 1 aliphatic rings. The average Bonchev–Trinajstić information content (AvgIpc) is 2.74. The van der Waals surface area contributed by atoms with E-state index in [-0.39, 0.29) is 6.10 Å². The summed E-state index contributed by atoms with van der Waals surface area (Å²) in [5.41, 5.74) is 1.54. The molecule has 16 heavy (non-hydrogen) atoms. The van der Waals surface area contributed by atoms with Gasteiger partial charge in [-0.1, -0.05) is 15.9 Å². The molecule has 0 N–H and O–H groups in total. The van der Waals surface area contributed by atoms with Gasteiger partial charge in [-0.3, -0.25) is 4.79 Å². The van der Waals surface area contributed by atoms with E-state index in [4.69, 9.17) is 9.47 Å². The van der Waals surface area contributed by atoms with Crippen molar-refractivity contribution in [1.29, 1.82) is 0 Å². The van der Waals surface area contributed by atoms with E-state index in [1.165, 1.54) is 0 Å². The Morgan fingerprint density at radius 1 is 1.56 bits per heavy atom. The lowest BCUT2D eigenvalue weighted by atomic mass is 10.1. The molecule has 1 aromatic rings. The van der Waals surface area contributed by atoms with Gasteiger partial charge in [-0.2, -0.15) is 0 Å². The number of rotatable bonds is 3. The first-order valence-electron chi connectivity index (χ1n) is 5.20. The molecular formula is C12H13BrO3. The number of aldehydes is 1. The molecule has 4 heteroatoms. The van der Waals surface area contributed by atoms with Crippen molar-refractivity contribution < 1.29 is 14.3 Å². The van der Waals surface area contributed by atoms with Crippen LogP contribution in [0.15, 0.2) is 16.6 Å². The number of carbonyl (C=O) groups is 1. The van der Waals surface area contributed by atoms with Gasteiger partial charge in [-0.05, 0) is 24.6 Å². The second-order valence-electron chi connectivity index (χ2n) is 3.86. The fraction of sp³-hybridized carbons (Fsp3) is 0.417. The zero-order valence-corrected chi connectivity index (χ0v) is 10.6. The summed E-state index contributed by atoms with van der Waals surface area (Å²) in [5.74, 6) is 0.675. The second kappa shape index (κ2) is 4.97. The van der Waals surface area contributed by atoms with E-state index in [0.29, 0.717) is 17.9 Å². The van der Waals surface area contributed by atoms with E-state index in [1.807, 2.05) is 13.0 Å². The minimum absolute atomic E-state index is 0.0681. The summed E-state index contributed by atoms with van der Waals surface area (Å²) < 4.78 is 11.9. The largest absolute Gasteiger partial charge is 0.487 e. The Kier molecular flexibility index (Phi) is 3.61. The van der Waals surface area contributed by atoms with Crippen LogP contribution in [0.1, 0.15) is 22.3 Å². The first-order chi connectivity index (χ1) is 7.70. The number of carbonyl (C=O) groups excluding carboxylic acids is 1. The highest BCUT2D eigenvalue weighted by Crippen LogP contribution is 2.28. The van der Waals surface area contributed by atoms with Gasteiger partial charge < -0.3 is 9.47 Å². The number of aryl methyl sites for hydroxylation is 1. The van der Waals surface area contributed by atoms with Crippen LogP contribution in [-0.2, 0) is 4.74 Å². The summed E-state index contributed by atoms with van der Waals surface area (Å²) in [6.07, 6.45) is 1.77. The molecule has 1 aliphatic heterocycles. The molecule has 0 aromatic heterocycles. The van der Waals surface area contributed by atoms with Crippen molar-refractivity contribution in [2.24, 2.45) is 0 Å². The van der Waals surface area contributed by atoms with Gasteiger partial charge in [0.05, 0.1) is 18.8 Å². The maximum Gasteiger partial charge on any atom is 0.153 e. The van der Waals surface area contributed by atoms with Crippen LogP contribution in [0.3, 0.4) is 0 Å². The van der Waals surface area contributed by atoms with E-state index >= 15 is 0 Å². The van der Waals surface area contributed by atoms with Gasteiger partial charge in [0, 0.05) is 10.9 Å². The molecule has 0 bridgehead atoms. The monoisotopic (exact) mass is 284 g/mol. The van der Waals surface area contributed by atoms with Crippen molar-refractivity contribution in [3.63, 3.8) is 0 Å². The smallest absolute Gasteiger partial charge is 0.153 e. The van der Waals surface area contributed by atoms with E-state index in [1.54, 1.807) is 6.07 Å². The van der Waals surface area contributed by atoms with Crippen LogP contribution in [0.5, 0.6) is 5.75 Å². The van der Waals surface area contributed by atoms with Crippen molar-refractivity contribution in [3.8, 4) is 5.75 Å². The SMILES string of the molecule is Cc1cc(Br)cc(C=O)c1OC1CCOC1. The molecule has 1 aromatic carbocycles. The van der Waals surface area contributed by atoms with E-state index < -0.39 is 0 Å². The Hall–Kier alpha value is -0.870. The van der Waals surface area contributed by atoms with Crippen molar-refractivity contribution in [1.82, 2.24) is 0 Å². The molecule has 1 fully saturated rings. The summed E-state index contributed by atoms with van der Waals surface area (Å²) >= 11 is 3.36. The molecule has 0 spiro atoms. The van der Waals surface area contributed by atoms with Gasteiger partial charge in [-0.25, -0.2) is 0 Å². The van der Waals surface area contributed by atoms with Crippen LogP contribution < -0.4 is 4.74 Å². The lowest BCUT2D eigenvalue weighted by molar-refractivity contribution is 0.111. The Morgan fingerprint density at radius 2 is 2.38 bits per heavy atom. The topological polar surface area (TPSA) is 35.5 Å². The van der Waals surface area contributed by atoms with Gasteiger partial charge in [0.1, 0.15) is 11.9 Å². The first kappa shape index (κ1) is 11.6. The molecule has 0 aliphatic carbocycles. The van der Waals surface area contributed by atoms with Crippen molar-refractivity contribution >= 4 is 22.2 Å². The van der Waals surface area contributed by atoms with Gasteiger partial charge in [0.15, 0.2) is 6.29 Å². The maximum absolute atomic E-state index is 11.0. The van der Waals surface area contributed by atoms with Gasteiger partial charge in [-0.15, -0.1) is 0 Å². The molecular weight excluding hydrogens is 272 g/mol. The van der Waals surface area contributed by atoms with Crippen molar-refractivity contribution in [2.45, 2.75) is 19.4 Å². The van der Waals surface area contributed by atoms with Crippen LogP contribution in [0.2, 0.25) is 0 Å². The lowest BCUT2D eigenvalue weighted by Gasteiger charge is -2.16. The molecule has 86 valence electrons. The molecule has 0 saturated carbocycles. The first-order valence-corrected chi connectivity index (χ1v) is 5.99. The molecule has 1 unspecified atom stereocenters. The molecule has 3 nitrogen and oxygen atoms in total. The summed E-state index contributed by atoms with van der Waals surface area (Å²) in [4.78, 5) is 11.0. The Balaban J connectivity index is 2.27. The molecule has 1 saturated heterocycles. The number of hydrogen-bond donors (Lipinski definition) is 0. The fourth-order valence-electron chi connectivity index (χ4n) is 1.78. The predicted octanol–water partition coefficient (Wildman–Crippen LogP) is 2.74. The highest BCUT2D eigenvalue weighted by molar-refractivity contribution is 9.10. The highest BCUT2D eigenvalue weighted by atomic mass is 79.9. The minimum atomic E-state index is 0.0681. The third kappa shape index (κ3) is 2.44. The molecule has 2 rings (SSSR count). The minimum Gasteiger partial charge on any atom is -0.487 e. The van der Waals surface area contributed by atoms with Gasteiger partial charge >= 0.3 is 0 Å². The maximum atomic E-state index is 11.0. The highest BCUT2D eigenvalue weighted by Gasteiger charge is 2.19. The van der Waals surface area contributed by atoms with E-state index in [0.717, 1.165) is 29.4 Å². The van der Waals surface area contributed by atoms with E-state index in [2.05, 4.69) is 15.9 Å². The summed E-state index contributed by atoms with van der Waals surface area (Å²) in [7, 11) is 0. The third-order valence-corrected chi connectivity index (χ3v) is 3.03. The van der Waals surface area contributed by atoms with Crippen LogP contribution in [0.25, 0.3) is 0 Å². The van der Waals surface area contributed by atoms with Crippen LogP contribution in [-0.4, -0.2) is 25.6 Å². The van der Waals surface area contributed by atoms with Crippen molar-refractivity contribution in [2.75, 3.05) is 13.2 Å². The lowest BCUT2D eigenvalue weighted by Crippen LogP contribution is -2.17. The van der Waals surface area contributed by atoms with E-state index in [9.17, 15) is 4.79 Å². The molecule has 1 heterocycles. The Bertz CT molecular complexity index is 397. The number of ether oxygens (including phenoxy) is 2. The number of halogens is 1. The van der Waals surface area contributed by atoms with Crippen LogP contribution in [0, 0.1) is 6.92 Å². The Morgan fingerprint density at radius 3 is 3.00 bits per heavy atom. The number of hydrogen-bond acceptors (Lipinski definition) is 3. The average molecular weight is 285 g/mol. The number of benzene rings is 1. The molecule has 0 radical (unpaired) electrons. The third-order valence-electron chi connectivity index (χ3n) is 2.57. The van der Waals surface area contributed by atoms with Crippen LogP contribution >= 0.6 is 15.9 Å². The normalized spacial score (nSPS) is 19.8. The quantitative estimate of drug-likeness (QED) is 0.801. The van der Waals surface area contributed by atoms with Gasteiger partial charge in [0.2, 0.25) is 0 Å².